The molecule has 2 atom stereocenters. The standard InChI is InChI=1S/C21H27N3O4S/c1-14(16-10-6-8-15-7-4-5-9-17(15)16)23-21(27)24-18(11-12-29-3)20(26)22-13-19(25)28-2/h4-10,14,18H,11-13H2,1-3H3,(H,22,26)(H2,23,24,27)/t14-,18-/m0/s1. The molecule has 0 aromatic heterocycles. The molecule has 2 rings (SSSR count). The lowest BCUT2D eigenvalue weighted by molar-refractivity contribution is -0.141. The molecular weight excluding hydrogens is 390 g/mol. The summed E-state index contributed by atoms with van der Waals surface area (Å²) >= 11 is 1.57. The average Bonchev–Trinajstić information content (AvgIpc) is 2.73. The minimum atomic E-state index is -0.744. The van der Waals surface area contributed by atoms with Crippen LogP contribution in [0.15, 0.2) is 42.5 Å². The van der Waals surface area contributed by atoms with E-state index in [-0.39, 0.29) is 12.6 Å². The van der Waals surface area contributed by atoms with Gasteiger partial charge in [0, 0.05) is 0 Å². The van der Waals surface area contributed by atoms with Gasteiger partial charge in [0.05, 0.1) is 13.2 Å². The third-order valence-electron chi connectivity index (χ3n) is 4.50. The normalized spacial score (nSPS) is 12.7. The lowest BCUT2D eigenvalue weighted by Crippen LogP contribution is -2.51. The molecule has 156 valence electrons. The maximum atomic E-state index is 12.5. The molecule has 0 unspecified atom stereocenters. The van der Waals surface area contributed by atoms with E-state index in [2.05, 4.69) is 20.7 Å². The number of fused-ring (bicyclic) bond motifs is 1. The molecule has 29 heavy (non-hydrogen) atoms. The van der Waals surface area contributed by atoms with Gasteiger partial charge >= 0.3 is 12.0 Å². The van der Waals surface area contributed by atoms with Crippen LogP contribution in [0.25, 0.3) is 10.8 Å². The topological polar surface area (TPSA) is 96.5 Å². The van der Waals surface area contributed by atoms with Crippen LogP contribution < -0.4 is 16.0 Å². The van der Waals surface area contributed by atoms with Crippen LogP contribution in [0, 0.1) is 0 Å². The van der Waals surface area contributed by atoms with Crippen LogP contribution in [-0.4, -0.2) is 49.6 Å². The molecule has 3 amide bonds. The third kappa shape index (κ3) is 6.67. The molecule has 2 aromatic carbocycles. The van der Waals surface area contributed by atoms with Crippen molar-refractivity contribution in [2.75, 3.05) is 25.7 Å². The highest BCUT2D eigenvalue weighted by atomic mass is 32.2. The molecule has 0 aliphatic rings. The van der Waals surface area contributed by atoms with E-state index in [9.17, 15) is 14.4 Å². The summed E-state index contributed by atoms with van der Waals surface area (Å²) in [5.41, 5.74) is 0.994. The molecule has 0 aliphatic heterocycles. The fourth-order valence-electron chi connectivity index (χ4n) is 2.96. The molecule has 2 aromatic rings. The first-order valence-corrected chi connectivity index (χ1v) is 10.7. The number of ether oxygens (including phenoxy) is 1. The Hall–Kier alpha value is -2.74. The zero-order chi connectivity index (χ0) is 21.2. The molecule has 0 heterocycles. The molecule has 7 nitrogen and oxygen atoms in total. The quantitative estimate of drug-likeness (QED) is 0.545. The number of carbonyl (C=O) groups excluding carboxylic acids is 3. The van der Waals surface area contributed by atoms with Gasteiger partial charge in [0.15, 0.2) is 0 Å². The first-order chi connectivity index (χ1) is 14.0. The summed E-state index contributed by atoms with van der Waals surface area (Å²) in [4.78, 5) is 36.1. The van der Waals surface area contributed by atoms with Gasteiger partial charge in [-0.15, -0.1) is 0 Å². The number of methoxy groups -OCH3 is 1. The van der Waals surface area contributed by atoms with Crippen molar-refractivity contribution in [1.82, 2.24) is 16.0 Å². The van der Waals surface area contributed by atoms with Crippen molar-refractivity contribution in [3.8, 4) is 0 Å². The zero-order valence-corrected chi connectivity index (χ0v) is 17.7. The van der Waals surface area contributed by atoms with Gasteiger partial charge in [-0.3, -0.25) is 9.59 Å². The average molecular weight is 418 g/mol. The van der Waals surface area contributed by atoms with Crippen molar-refractivity contribution in [2.24, 2.45) is 0 Å². The second-order valence-electron chi connectivity index (χ2n) is 6.54. The summed E-state index contributed by atoms with van der Waals surface area (Å²) in [5, 5.41) is 10.3. The van der Waals surface area contributed by atoms with Crippen LogP contribution in [0.4, 0.5) is 4.79 Å². The number of thioether (sulfide) groups is 1. The van der Waals surface area contributed by atoms with Gasteiger partial charge in [-0.25, -0.2) is 4.79 Å². The summed E-state index contributed by atoms with van der Waals surface area (Å²) in [6.45, 7) is 1.66. The smallest absolute Gasteiger partial charge is 0.325 e. The lowest BCUT2D eigenvalue weighted by atomic mass is 10.00. The first-order valence-electron chi connectivity index (χ1n) is 9.34. The summed E-state index contributed by atoms with van der Waals surface area (Å²) in [6, 6.07) is 12.5. The number of nitrogens with one attached hydrogen (secondary N) is 3. The van der Waals surface area contributed by atoms with Crippen LogP contribution in [0.2, 0.25) is 0 Å². The fraction of sp³-hybridized carbons (Fsp3) is 0.381. The zero-order valence-electron chi connectivity index (χ0n) is 16.9. The summed E-state index contributed by atoms with van der Waals surface area (Å²) in [5.74, 6) is -0.274. The summed E-state index contributed by atoms with van der Waals surface area (Å²) in [6.07, 6.45) is 2.37. The van der Waals surface area contributed by atoms with Crippen molar-refractivity contribution >= 4 is 40.4 Å². The Kier molecular flexibility index (Phi) is 8.79. The Morgan fingerprint density at radius 2 is 1.79 bits per heavy atom. The molecule has 0 fully saturated rings. The van der Waals surface area contributed by atoms with E-state index in [1.54, 1.807) is 11.8 Å². The highest BCUT2D eigenvalue weighted by Gasteiger charge is 2.22. The van der Waals surface area contributed by atoms with Crippen LogP contribution in [0.5, 0.6) is 0 Å². The Bertz CT molecular complexity index is 853. The minimum absolute atomic E-state index is 0.235. The van der Waals surface area contributed by atoms with Crippen LogP contribution in [-0.2, 0) is 14.3 Å². The Labute approximate surface area is 174 Å². The van der Waals surface area contributed by atoms with E-state index < -0.39 is 23.9 Å². The number of carbonyl (C=O) groups is 3. The van der Waals surface area contributed by atoms with Crippen LogP contribution in [0.3, 0.4) is 0 Å². The second-order valence-corrected chi connectivity index (χ2v) is 7.52. The molecular formula is C21H27N3O4S. The Balaban J connectivity index is 2.02. The van der Waals surface area contributed by atoms with Gasteiger partial charge in [0.1, 0.15) is 12.6 Å². The van der Waals surface area contributed by atoms with Crippen molar-refractivity contribution in [3.05, 3.63) is 48.0 Å². The van der Waals surface area contributed by atoms with Crippen molar-refractivity contribution < 1.29 is 19.1 Å². The van der Waals surface area contributed by atoms with Crippen molar-refractivity contribution in [3.63, 3.8) is 0 Å². The van der Waals surface area contributed by atoms with E-state index in [4.69, 9.17) is 0 Å². The molecule has 3 N–H and O–H groups in total. The third-order valence-corrected chi connectivity index (χ3v) is 5.15. The number of hydrogen-bond donors (Lipinski definition) is 3. The summed E-state index contributed by atoms with van der Waals surface area (Å²) in [7, 11) is 1.25. The van der Waals surface area contributed by atoms with Crippen molar-refractivity contribution in [1.29, 1.82) is 0 Å². The van der Waals surface area contributed by atoms with Gasteiger partial charge in [-0.2, -0.15) is 11.8 Å². The lowest BCUT2D eigenvalue weighted by Gasteiger charge is -2.21. The van der Waals surface area contributed by atoms with Crippen LogP contribution >= 0.6 is 11.8 Å². The van der Waals surface area contributed by atoms with Crippen molar-refractivity contribution in [2.45, 2.75) is 25.4 Å². The van der Waals surface area contributed by atoms with Gasteiger partial charge < -0.3 is 20.7 Å². The van der Waals surface area contributed by atoms with E-state index >= 15 is 0 Å². The molecule has 8 heteroatoms. The molecule has 0 spiro atoms. The predicted molar refractivity (Wildman–Crippen MR) is 116 cm³/mol. The van der Waals surface area contributed by atoms with Gasteiger partial charge in [-0.1, -0.05) is 42.5 Å². The van der Waals surface area contributed by atoms with Gasteiger partial charge in [-0.05, 0) is 41.7 Å². The summed E-state index contributed by atoms with van der Waals surface area (Å²) < 4.78 is 4.52. The fourth-order valence-corrected chi connectivity index (χ4v) is 3.43. The van der Waals surface area contributed by atoms with E-state index in [1.807, 2.05) is 55.6 Å². The Morgan fingerprint density at radius 3 is 2.52 bits per heavy atom. The Morgan fingerprint density at radius 1 is 1.07 bits per heavy atom. The SMILES string of the molecule is COC(=O)CNC(=O)[C@H](CCSC)NC(=O)N[C@@H](C)c1cccc2ccccc12. The highest BCUT2D eigenvalue weighted by Crippen LogP contribution is 2.23. The number of esters is 1. The van der Waals surface area contributed by atoms with E-state index in [1.165, 1.54) is 7.11 Å². The van der Waals surface area contributed by atoms with E-state index in [0.29, 0.717) is 12.2 Å². The second kappa shape index (κ2) is 11.3. The molecule has 0 bridgehead atoms. The predicted octanol–water partition coefficient (Wildman–Crippen LogP) is 2.61. The van der Waals surface area contributed by atoms with E-state index in [0.717, 1.165) is 16.3 Å². The number of urea groups is 1. The van der Waals surface area contributed by atoms with Gasteiger partial charge in [0.2, 0.25) is 5.91 Å². The maximum absolute atomic E-state index is 12.5. The first kappa shape index (κ1) is 22.5. The molecule has 0 radical (unpaired) electrons. The molecule has 0 saturated carbocycles. The number of benzene rings is 2. The monoisotopic (exact) mass is 417 g/mol. The largest absolute Gasteiger partial charge is 0.468 e. The molecule has 0 aliphatic carbocycles. The minimum Gasteiger partial charge on any atom is -0.468 e. The maximum Gasteiger partial charge on any atom is 0.325 e. The number of hydrogen-bond acceptors (Lipinski definition) is 5. The molecule has 0 saturated heterocycles. The highest BCUT2D eigenvalue weighted by molar-refractivity contribution is 7.98. The van der Waals surface area contributed by atoms with Gasteiger partial charge in [0.25, 0.3) is 0 Å². The number of rotatable bonds is 9. The van der Waals surface area contributed by atoms with Crippen LogP contribution in [0.1, 0.15) is 24.9 Å². The number of amides is 3.